The summed E-state index contributed by atoms with van der Waals surface area (Å²) in [6, 6.07) is 8.11. The van der Waals surface area contributed by atoms with Gasteiger partial charge in [-0.05, 0) is 37.6 Å². The molecule has 5 nitrogen and oxygen atoms in total. The van der Waals surface area contributed by atoms with Gasteiger partial charge in [0.2, 0.25) is 0 Å². The van der Waals surface area contributed by atoms with Gasteiger partial charge in [0, 0.05) is 17.7 Å². The Balaban J connectivity index is 2.45. The van der Waals surface area contributed by atoms with Gasteiger partial charge in [0.05, 0.1) is 11.0 Å². The van der Waals surface area contributed by atoms with Crippen LogP contribution in [0.25, 0.3) is 0 Å². The zero-order chi connectivity index (χ0) is 15.6. The standard InChI is InChI=1S/C15H15FN2O3/c1-9-6-7-11(18(19)20)8-14(9)21-13-5-3-4-12(16)15(13)10(2)17/h3-8,10H,17H2,1-2H3. The highest BCUT2D eigenvalue weighted by molar-refractivity contribution is 5.47. The number of aryl methyl sites for hydroxylation is 1. The van der Waals surface area contributed by atoms with E-state index in [1.165, 1.54) is 24.3 Å². The summed E-state index contributed by atoms with van der Waals surface area (Å²) < 4.78 is 19.5. The molecule has 0 spiro atoms. The molecule has 0 bridgehead atoms. The van der Waals surface area contributed by atoms with Crippen LogP contribution in [0.1, 0.15) is 24.1 Å². The molecule has 0 heterocycles. The third kappa shape index (κ3) is 3.17. The van der Waals surface area contributed by atoms with E-state index >= 15 is 0 Å². The molecule has 0 radical (unpaired) electrons. The van der Waals surface area contributed by atoms with E-state index in [9.17, 15) is 14.5 Å². The average Bonchev–Trinajstić information content (AvgIpc) is 2.40. The summed E-state index contributed by atoms with van der Waals surface area (Å²) >= 11 is 0. The van der Waals surface area contributed by atoms with Gasteiger partial charge in [-0.1, -0.05) is 6.07 Å². The highest BCUT2D eigenvalue weighted by Crippen LogP contribution is 2.33. The molecule has 0 saturated heterocycles. The molecule has 0 aliphatic heterocycles. The van der Waals surface area contributed by atoms with Crippen molar-refractivity contribution in [2.24, 2.45) is 5.73 Å². The number of nitrogens with zero attached hydrogens (tertiary/aromatic N) is 1. The fraction of sp³-hybridized carbons (Fsp3) is 0.200. The average molecular weight is 290 g/mol. The summed E-state index contributed by atoms with van der Waals surface area (Å²) in [5.74, 6) is 0.0934. The zero-order valence-electron chi connectivity index (χ0n) is 11.7. The summed E-state index contributed by atoms with van der Waals surface area (Å²) in [6.07, 6.45) is 0. The molecule has 1 unspecified atom stereocenters. The highest BCUT2D eigenvalue weighted by Gasteiger charge is 2.16. The van der Waals surface area contributed by atoms with Crippen LogP contribution in [0.3, 0.4) is 0 Å². The molecule has 0 fully saturated rings. The van der Waals surface area contributed by atoms with Gasteiger partial charge in [0.1, 0.15) is 17.3 Å². The molecule has 0 amide bonds. The summed E-state index contributed by atoms with van der Waals surface area (Å²) in [5, 5.41) is 10.8. The van der Waals surface area contributed by atoms with Crippen molar-refractivity contribution in [3.8, 4) is 11.5 Å². The SMILES string of the molecule is Cc1ccc([N+](=O)[O-])cc1Oc1cccc(F)c1C(C)N. The van der Waals surface area contributed by atoms with Crippen LogP contribution in [0.5, 0.6) is 11.5 Å². The molecule has 2 N–H and O–H groups in total. The minimum Gasteiger partial charge on any atom is -0.456 e. The molecular weight excluding hydrogens is 275 g/mol. The van der Waals surface area contributed by atoms with Crippen molar-refractivity contribution in [3.63, 3.8) is 0 Å². The molecule has 1 atom stereocenters. The number of nitro benzene ring substituents is 1. The van der Waals surface area contributed by atoms with Crippen LogP contribution >= 0.6 is 0 Å². The normalized spacial score (nSPS) is 12.0. The lowest BCUT2D eigenvalue weighted by Crippen LogP contribution is -2.09. The van der Waals surface area contributed by atoms with Gasteiger partial charge < -0.3 is 10.5 Å². The number of rotatable bonds is 4. The number of nitro groups is 1. The number of ether oxygens (including phenoxy) is 1. The molecule has 2 aromatic carbocycles. The molecular formula is C15H15FN2O3. The van der Waals surface area contributed by atoms with E-state index in [-0.39, 0.29) is 17.0 Å². The first-order valence-corrected chi connectivity index (χ1v) is 6.37. The second kappa shape index (κ2) is 5.88. The Bertz CT molecular complexity index is 687. The third-order valence-corrected chi connectivity index (χ3v) is 3.07. The van der Waals surface area contributed by atoms with Crippen LogP contribution in [0.15, 0.2) is 36.4 Å². The van der Waals surface area contributed by atoms with E-state index in [4.69, 9.17) is 10.5 Å². The van der Waals surface area contributed by atoms with E-state index in [0.29, 0.717) is 11.3 Å². The van der Waals surface area contributed by atoms with Gasteiger partial charge in [-0.25, -0.2) is 4.39 Å². The fourth-order valence-electron chi connectivity index (χ4n) is 1.98. The minimum atomic E-state index is -0.555. The van der Waals surface area contributed by atoms with Crippen molar-refractivity contribution in [2.45, 2.75) is 19.9 Å². The predicted molar refractivity (Wildman–Crippen MR) is 76.9 cm³/mol. The Kier molecular flexibility index (Phi) is 4.18. The lowest BCUT2D eigenvalue weighted by molar-refractivity contribution is -0.384. The first-order valence-electron chi connectivity index (χ1n) is 6.37. The van der Waals surface area contributed by atoms with Gasteiger partial charge in [-0.3, -0.25) is 10.1 Å². The maximum absolute atomic E-state index is 13.8. The Hall–Kier alpha value is -2.47. The van der Waals surface area contributed by atoms with Crippen LogP contribution in [0.2, 0.25) is 0 Å². The largest absolute Gasteiger partial charge is 0.456 e. The van der Waals surface area contributed by atoms with Crippen molar-refractivity contribution in [1.29, 1.82) is 0 Å². The van der Waals surface area contributed by atoms with Crippen LogP contribution in [0, 0.1) is 22.9 Å². The summed E-state index contributed by atoms with van der Waals surface area (Å²) in [6.45, 7) is 3.40. The zero-order valence-corrected chi connectivity index (χ0v) is 11.7. The molecule has 110 valence electrons. The Morgan fingerprint density at radius 3 is 2.62 bits per heavy atom. The number of benzene rings is 2. The number of halogens is 1. The second-order valence-corrected chi connectivity index (χ2v) is 4.75. The first-order chi connectivity index (χ1) is 9.90. The van der Waals surface area contributed by atoms with Crippen molar-refractivity contribution >= 4 is 5.69 Å². The topological polar surface area (TPSA) is 78.4 Å². The number of hydrogen-bond acceptors (Lipinski definition) is 4. The molecule has 2 rings (SSSR count). The monoisotopic (exact) mass is 290 g/mol. The van der Waals surface area contributed by atoms with Gasteiger partial charge >= 0.3 is 0 Å². The van der Waals surface area contributed by atoms with Crippen molar-refractivity contribution in [1.82, 2.24) is 0 Å². The first kappa shape index (κ1) is 14.9. The van der Waals surface area contributed by atoms with Crippen molar-refractivity contribution < 1.29 is 14.1 Å². The van der Waals surface area contributed by atoms with Gasteiger partial charge in [-0.15, -0.1) is 0 Å². The van der Waals surface area contributed by atoms with Gasteiger partial charge in [-0.2, -0.15) is 0 Å². The summed E-state index contributed by atoms with van der Waals surface area (Å²) in [4.78, 5) is 10.3. The van der Waals surface area contributed by atoms with Crippen LogP contribution in [-0.4, -0.2) is 4.92 Å². The van der Waals surface area contributed by atoms with Crippen molar-refractivity contribution in [2.75, 3.05) is 0 Å². The third-order valence-electron chi connectivity index (χ3n) is 3.07. The van der Waals surface area contributed by atoms with Crippen molar-refractivity contribution in [3.05, 3.63) is 63.5 Å². The maximum Gasteiger partial charge on any atom is 0.273 e. The van der Waals surface area contributed by atoms with E-state index in [2.05, 4.69) is 0 Å². The Morgan fingerprint density at radius 1 is 1.29 bits per heavy atom. The van der Waals surface area contributed by atoms with E-state index in [0.717, 1.165) is 0 Å². The predicted octanol–water partition coefficient (Wildman–Crippen LogP) is 3.85. The lowest BCUT2D eigenvalue weighted by atomic mass is 10.1. The minimum absolute atomic E-state index is 0.0886. The quantitative estimate of drug-likeness (QED) is 0.685. The highest BCUT2D eigenvalue weighted by atomic mass is 19.1. The molecule has 2 aromatic rings. The lowest BCUT2D eigenvalue weighted by Gasteiger charge is -2.15. The van der Waals surface area contributed by atoms with E-state index in [1.54, 1.807) is 26.0 Å². The summed E-state index contributed by atoms with van der Waals surface area (Å²) in [7, 11) is 0. The molecule has 6 heteroatoms. The molecule has 0 saturated carbocycles. The second-order valence-electron chi connectivity index (χ2n) is 4.75. The number of nitrogens with two attached hydrogens (primary N) is 1. The fourth-order valence-corrected chi connectivity index (χ4v) is 1.98. The number of hydrogen-bond donors (Lipinski definition) is 1. The molecule has 0 aliphatic carbocycles. The molecule has 0 aliphatic rings. The summed E-state index contributed by atoms with van der Waals surface area (Å²) in [5.41, 5.74) is 6.62. The molecule has 21 heavy (non-hydrogen) atoms. The maximum atomic E-state index is 13.8. The molecule has 0 aromatic heterocycles. The van der Waals surface area contributed by atoms with Gasteiger partial charge in [0.15, 0.2) is 0 Å². The van der Waals surface area contributed by atoms with E-state index < -0.39 is 16.8 Å². The van der Waals surface area contributed by atoms with E-state index in [1.807, 2.05) is 0 Å². The van der Waals surface area contributed by atoms with Gasteiger partial charge in [0.25, 0.3) is 5.69 Å². The van der Waals surface area contributed by atoms with Crippen LogP contribution in [-0.2, 0) is 0 Å². The number of non-ortho nitro benzene ring substituents is 1. The smallest absolute Gasteiger partial charge is 0.273 e. The Morgan fingerprint density at radius 2 is 2.00 bits per heavy atom. The van der Waals surface area contributed by atoms with Crippen LogP contribution < -0.4 is 10.5 Å². The van der Waals surface area contributed by atoms with Crippen LogP contribution in [0.4, 0.5) is 10.1 Å². The Labute approximate surface area is 121 Å².